The van der Waals surface area contributed by atoms with Crippen molar-refractivity contribution in [2.45, 2.75) is 33.6 Å². The molecule has 8 heteroatoms. The van der Waals surface area contributed by atoms with Crippen LogP contribution in [0.4, 0.5) is 0 Å². The van der Waals surface area contributed by atoms with Crippen LogP contribution in [0.15, 0.2) is 140 Å². The van der Waals surface area contributed by atoms with Gasteiger partial charge in [-0.1, -0.05) is 74.3 Å². The van der Waals surface area contributed by atoms with Crippen molar-refractivity contribution in [2.75, 3.05) is 7.11 Å². The summed E-state index contributed by atoms with van der Waals surface area (Å²) in [5.41, 5.74) is 5.93. The number of rotatable bonds is 12. The Labute approximate surface area is 303 Å². The van der Waals surface area contributed by atoms with Gasteiger partial charge >= 0.3 is 17.9 Å². The number of aldehydes is 1. The average Bonchev–Trinajstić information content (AvgIpc) is 3.14. The molecule has 0 spiro atoms. The van der Waals surface area contributed by atoms with Gasteiger partial charge in [-0.3, -0.25) is 9.59 Å². The fraction of sp³-hybridized carbons (Fsp3) is 0.136. The third kappa shape index (κ3) is 10.7. The molecule has 0 aromatic heterocycles. The van der Waals surface area contributed by atoms with Crippen LogP contribution in [0.2, 0.25) is 0 Å². The number of hydrogen-bond donors (Lipinski definition) is 0. The number of methoxy groups -OCH3 is 1. The second kappa shape index (κ2) is 17.9. The van der Waals surface area contributed by atoms with E-state index in [2.05, 4.69) is 56.1 Å². The number of ether oxygens (including phenoxy) is 4. The Kier molecular flexibility index (Phi) is 13.2. The van der Waals surface area contributed by atoms with Gasteiger partial charge in [0.05, 0.1) is 7.11 Å². The zero-order valence-corrected chi connectivity index (χ0v) is 29.7. The van der Waals surface area contributed by atoms with Crippen molar-refractivity contribution in [2.24, 2.45) is 0 Å². The molecule has 0 bridgehead atoms. The van der Waals surface area contributed by atoms with Crippen LogP contribution >= 0.6 is 0 Å². The Morgan fingerprint density at radius 2 is 1.04 bits per heavy atom. The number of hydrogen-bond acceptors (Lipinski definition) is 8. The molecule has 0 aliphatic carbocycles. The normalized spacial score (nSPS) is 10.2. The quantitative estimate of drug-likeness (QED) is 0.0550. The van der Waals surface area contributed by atoms with Crippen LogP contribution in [-0.2, 0) is 25.6 Å². The molecule has 0 saturated heterocycles. The van der Waals surface area contributed by atoms with E-state index in [4.69, 9.17) is 18.9 Å². The minimum atomic E-state index is -0.666. The molecule has 264 valence electrons. The van der Waals surface area contributed by atoms with E-state index in [0.717, 1.165) is 45.1 Å². The van der Waals surface area contributed by atoms with E-state index < -0.39 is 17.9 Å². The maximum atomic E-state index is 12.7. The third-order valence-corrected chi connectivity index (χ3v) is 7.61. The van der Waals surface area contributed by atoms with E-state index in [1.54, 1.807) is 38.3 Å². The van der Waals surface area contributed by atoms with Gasteiger partial charge in [0.15, 0.2) is 11.5 Å². The van der Waals surface area contributed by atoms with Gasteiger partial charge in [-0.2, -0.15) is 0 Å². The van der Waals surface area contributed by atoms with Crippen LogP contribution in [0.5, 0.6) is 23.0 Å². The maximum Gasteiger partial charge on any atom is 0.338 e. The number of benzene rings is 5. The minimum Gasteiger partial charge on any atom is -0.497 e. The van der Waals surface area contributed by atoms with Crippen LogP contribution in [0.25, 0.3) is 33.0 Å². The molecule has 0 atom stereocenters. The Morgan fingerprint density at radius 3 is 1.50 bits per heavy atom. The summed E-state index contributed by atoms with van der Waals surface area (Å²) in [7, 11) is 1.66. The molecule has 0 aliphatic heterocycles. The molecule has 0 heterocycles. The molecule has 0 radical (unpaired) electrons. The Morgan fingerprint density at radius 1 is 0.577 bits per heavy atom. The molecular formula is C44H40O8. The Balaban J connectivity index is 0.00000113. The van der Waals surface area contributed by atoms with Crippen molar-refractivity contribution < 1.29 is 38.1 Å². The third-order valence-electron chi connectivity index (χ3n) is 7.61. The molecule has 0 amide bonds. The zero-order valence-electron chi connectivity index (χ0n) is 29.7. The van der Waals surface area contributed by atoms with Crippen LogP contribution in [0.1, 0.15) is 32.8 Å². The second-order valence-corrected chi connectivity index (χ2v) is 12.1. The summed E-state index contributed by atoms with van der Waals surface area (Å²) in [6.07, 6.45) is 1.10. The van der Waals surface area contributed by atoms with Gasteiger partial charge in [0, 0.05) is 17.6 Å². The first-order chi connectivity index (χ1) is 24.9. The van der Waals surface area contributed by atoms with Gasteiger partial charge < -0.3 is 18.9 Å². The van der Waals surface area contributed by atoms with Crippen LogP contribution in [-0.4, -0.2) is 31.3 Å². The molecule has 0 unspecified atom stereocenters. The molecule has 8 nitrogen and oxygen atoms in total. The Bertz CT molecular complexity index is 2140. The second-order valence-electron chi connectivity index (χ2n) is 12.1. The number of fused-ring (bicyclic) bond motifs is 1. The SMILES string of the molecule is C=C(C)C(=O)Oc1ccc(CCC(=O)Oc2ccc(-c3ccc4cc(-c5ccc(OC)cc5)ccc4c3)cc2)cc1OC(=O)C(=C)C.C=C(C)C=O. The van der Waals surface area contributed by atoms with E-state index in [1.165, 1.54) is 19.9 Å². The summed E-state index contributed by atoms with van der Waals surface area (Å²) in [6, 6.07) is 32.8. The summed E-state index contributed by atoms with van der Waals surface area (Å²) in [6.45, 7) is 15.1. The topological polar surface area (TPSA) is 105 Å². The number of carbonyl (C=O) groups is 4. The summed E-state index contributed by atoms with van der Waals surface area (Å²) in [5, 5.41) is 2.26. The average molecular weight is 697 g/mol. The van der Waals surface area contributed by atoms with Gasteiger partial charge in [0.25, 0.3) is 0 Å². The van der Waals surface area contributed by atoms with Crippen molar-refractivity contribution in [3.63, 3.8) is 0 Å². The van der Waals surface area contributed by atoms with Crippen LogP contribution in [0.3, 0.4) is 0 Å². The van der Waals surface area contributed by atoms with E-state index in [1.807, 2.05) is 36.4 Å². The summed E-state index contributed by atoms with van der Waals surface area (Å²) >= 11 is 0. The minimum absolute atomic E-state index is 0.0421. The monoisotopic (exact) mass is 696 g/mol. The highest BCUT2D eigenvalue weighted by Gasteiger charge is 2.17. The molecule has 5 aromatic carbocycles. The molecule has 0 aliphatic rings. The standard InChI is InChI=1S/C40H34O7.C4H6O/c1-25(2)39(42)46-36-20-6-27(22-37(36)47-40(43)26(3)4)7-21-38(41)45-35-18-14-29(15-19-35)31-9-11-32-23-30(8-10-33(32)24-31)28-12-16-34(44-5)17-13-28;1-4(2)3-5/h6,8-20,22-24H,1,3,7,21H2,2,4-5H3;3H,1H2,2H3. The molecule has 0 saturated carbocycles. The van der Waals surface area contributed by atoms with Crippen molar-refractivity contribution in [3.8, 4) is 45.3 Å². The fourth-order valence-corrected chi connectivity index (χ4v) is 4.78. The van der Waals surface area contributed by atoms with Crippen molar-refractivity contribution in [1.29, 1.82) is 0 Å². The van der Waals surface area contributed by atoms with Crippen LogP contribution in [0, 0.1) is 0 Å². The lowest BCUT2D eigenvalue weighted by Crippen LogP contribution is -2.13. The first kappa shape index (κ1) is 38.3. The predicted molar refractivity (Wildman–Crippen MR) is 204 cm³/mol. The highest BCUT2D eigenvalue weighted by Crippen LogP contribution is 2.32. The first-order valence-electron chi connectivity index (χ1n) is 16.3. The van der Waals surface area contributed by atoms with E-state index in [9.17, 15) is 19.2 Å². The number of carbonyl (C=O) groups excluding carboxylic acids is 4. The zero-order chi connectivity index (χ0) is 37.8. The van der Waals surface area contributed by atoms with E-state index in [0.29, 0.717) is 23.3 Å². The highest BCUT2D eigenvalue weighted by atomic mass is 16.6. The lowest BCUT2D eigenvalue weighted by Gasteiger charge is -2.12. The predicted octanol–water partition coefficient (Wildman–Crippen LogP) is 9.45. The van der Waals surface area contributed by atoms with E-state index >= 15 is 0 Å². The maximum absolute atomic E-state index is 12.7. The molecular weight excluding hydrogens is 656 g/mol. The summed E-state index contributed by atoms with van der Waals surface area (Å²) in [5.74, 6) is -0.383. The van der Waals surface area contributed by atoms with E-state index in [-0.39, 0.29) is 29.1 Å². The molecule has 52 heavy (non-hydrogen) atoms. The molecule has 0 fully saturated rings. The van der Waals surface area contributed by atoms with Gasteiger partial charge in [0.1, 0.15) is 17.8 Å². The first-order valence-corrected chi connectivity index (χ1v) is 16.3. The highest BCUT2D eigenvalue weighted by molar-refractivity contribution is 5.92. The lowest BCUT2D eigenvalue weighted by molar-refractivity contribution is -0.134. The smallest absolute Gasteiger partial charge is 0.338 e. The largest absolute Gasteiger partial charge is 0.497 e. The Hall–Kier alpha value is -6.54. The van der Waals surface area contributed by atoms with Gasteiger partial charge in [0.2, 0.25) is 0 Å². The summed E-state index contributed by atoms with van der Waals surface area (Å²) < 4.78 is 21.5. The van der Waals surface area contributed by atoms with Gasteiger partial charge in [-0.15, -0.1) is 0 Å². The van der Waals surface area contributed by atoms with Gasteiger partial charge in [-0.05, 0) is 120 Å². The fourth-order valence-electron chi connectivity index (χ4n) is 4.78. The van der Waals surface area contributed by atoms with Crippen molar-refractivity contribution in [1.82, 2.24) is 0 Å². The number of allylic oxidation sites excluding steroid dienone is 1. The van der Waals surface area contributed by atoms with Crippen LogP contribution < -0.4 is 18.9 Å². The molecule has 5 rings (SSSR count). The molecule has 5 aromatic rings. The number of aryl methyl sites for hydroxylation is 1. The number of esters is 3. The summed E-state index contributed by atoms with van der Waals surface area (Å²) in [4.78, 5) is 46.3. The van der Waals surface area contributed by atoms with Crippen molar-refractivity contribution >= 4 is 35.0 Å². The van der Waals surface area contributed by atoms with Crippen molar-refractivity contribution in [3.05, 3.63) is 145 Å². The molecule has 0 N–H and O–H groups in total. The lowest BCUT2D eigenvalue weighted by atomic mass is 9.97. The van der Waals surface area contributed by atoms with Gasteiger partial charge in [-0.25, -0.2) is 9.59 Å².